The minimum atomic E-state index is -4.60. The smallest absolute Gasteiger partial charge is 0.433 e. The van der Waals surface area contributed by atoms with Crippen LogP contribution in [0, 0.1) is 0 Å². The fourth-order valence-corrected chi connectivity index (χ4v) is 4.82. The lowest BCUT2D eigenvalue weighted by atomic mass is 9.85. The van der Waals surface area contributed by atoms with Crippen molar-refractivity contribution in [3.63, 3.8) is 0 Å². The van der Waals surface area contributed by atoms with Gasteiger partial charge >= 0.3 is 6.18 Å². The van der Waals surface area contributed by atoms with E-state index in [4.69, 9.17) is 14.3 Å². The molecule has 5 rings (SSSR count). The quantitative estimate of drug-likeness (QED) is 0.632. The maximum atomic E-state index is 13.4. The van der Waals surface area contributed by atoms with E-state index >= 15 is 0 Å². The van der Waals surface area contributed by atoms with Crippen molar-refractivity contribution >= 4 is 17.4 Å². The summed E-state index contributed by atoms with van der Waals surface area (Å²) in [5.74, 6) is 0.455. The Morgan fingerprint density at radius 2 is 1.83 bits per heavy atom. The second-order valence-corrected chi connectivity index (χ2v) is 9.18. The number of likely N-dealkylation sites (tertiary alicyclic amines) is 1. The van der Waals surface area contributed by atoms with E-state index in [2.05, 4.69) is 10.1 Å². The number of benzene rings is 1. The van der Waals surface area contributed by atoms with Gasteiger partial charge in [0.25, 0.3) is 5.91 Å². The van der Waals surface area contributed by atoms with E-state index in [9.17, 15) is 18.0 Å². The molecule has 3 aliphatic heterocycles. The summed E-state index contributed by atoms with van der Waals surface area (Å²) in [5, 5.41) is 4.32. The summed E-state index contributed by atoms with van der Waals surface area (Å²) in [4.78, 5) is 26.5. The zero-order chi connectivity index (χ0) is 25.3. The number of methoxy groups -OCH3 is 1. The van der Waals surface area contributed by atoms with E-state index in [0.717, 1.165) is 23.1 Å². The van der Waals surface area contributed by atoms with Crippen LogP contribution in [0.25, 0.3) is 0 Å². The highest BCUT2D eigenvalue weighted by molar-refractivity contribution is 6.02. The molecule has 1 aromatic carbocycles. The normalized spacial score (nSPS) is 19.7. The highest BCUT2D eigenvalue weighted by Gasteiger charge is 2.44. The number of carbonyl (C=O) groups excluding carboxylic acids is 1. The molecule has 192 valence electrons. The Morgan fingerprint density at radius 3 is 2.53 bits per heavy atom. The van der Waals surface area contributed by atoms with Crippen molar-refractivity contribution in [1.82, 2.24) is 9.88 Å². The third-order valence-electron chi connectivity index (χ3n) is 6.91. The Morgan fingerprint density at radius 1 is 1.08 bits per heavy atom. The SMILES string of the molecule is COc1cccc(C2=NOC3(CCN(C(=O)c4ccc(C(F)(F)F)nc4N4CCOCC4)CC3)C2)c1. The van der Waals surface area contributed by atoms with E-state index in [1.807, 2.05) is 24.3 Å². The Balaban J connectivity index is 1.29. The number of rotatable bonds is 4. The number of nitrogens with zero attached hydrogens (tertiary/aromatic N) is 4. The molecule has 8 nitrogen and oxygen atoms in total. The fraction of sp³-hybridized carbons (Fsp3) is 0.480. The average Bonchev–Trinajstić information content (AvgIpc) is 3.32. The summed E-state index contributed by atoms with van der Waals surface area (Å²) in [6, 6.07) is 9.73. The van der Waals surface area contributed by atoms with Crippen molar-refractivity contribution in [3.8, 4) is 5.75 Å². The van der Waals surface area contributed by atoms with Crippen LogP contribution < -0.4 is 9.64 Å². The van der Waals surface area contributed by atoms with Gasteiger partial charge in [0.05, 0.1) is 31.6 Å². The highest BCUT2D eigenvalue weighted by atomic mass is 19.4. The van der Waals surface area contributed by atoms with Gasteiger partial charge < -0.3 is 24.1 Å². The summed E-state index contributed by atoms with van der Waals surface area (Å²) in [6.45, 7) is 2.29. The van der Waals surface area contributed by atoms with Gasteiger partial charge in [-0.15, -0.1) is 0 Å². The molecule has 1 spiro atoms. The highest BCUT2D eigenvalue weighted by Crippen LogP contribution is 2.38. The van der Waals surface area contributed by atoms with Crippen molar-refractivity contribution in [3.05, 3.63) is 53.2 Å². The molecule has 0 atom stereocenters. The van der Waals surface area contributed by atoms with Crippen LogP contribution in [-0.4, -0.2) is 73.6 Å². The number of piperidine rings is 1. The minimum absolute atomic E-state index is 0.0548. The number of aromatic nitrogens is 1. The lowest BCUT2D eigenvalue weighted by molar-refractivity contribution is -0.141. The number of amides is 1. The van der Waals surface area contributed by atoms with Crippen molar-refractivity contribution < 1.29 is 32.3 Å². The van der Waals surface area contributed by atoms with Crippen LogP contribution in [0.2, 0.25) is 0 Å². The molecular weight excluding hydrogens is 477 g/mol. The van der Waals surface area contributed by atoms with E-state index < -0.39 is 17.5 Å². The monoisotopic (exact) mass is 504 g/mol. The molecule has 2 fully saturated rings. The van der Waals surface area contributed by atoms with Crippen LogP contribution in [0.5, 0.6) is 5.75 Å². The number of alkyl halides is 3. The first-order valence-corrected chi connectivity index (χ1v) is 11.9. The number of morpholine rings is 1. The largest absolute Gasteiger partial charge is 0.497 e. The summed E-state index contributed by atoms with van der Waals surface area (Å²) >= 11 is 0. The maximum absolute atomic E-state index is 13.4. The first-order chi connectivity index (χ1) is 17.3. The van der Waals surface area contributed by atoms with Crippen molar-refractivity contribution in [2.75, 3.05) is 51.4 Å². The molecule has 2 aromatic rings. The van der Waals surface area contributed by atoms with Crippen LogP contribution in [0.4, 0.5) is 19.0 Å². The van der Waals surface area contributed by atoms with E-state index in [1.165, 1.54) is 6.07 Å². The predicted octanol–water partition coefficient (Wildman–Crippen LogP) is 3.75. The van der Waals surface area contributed by atoms with Gasteiger partial charge in [-0.25, -0.2) is 4.98 Å². The molecule has 2 saturated heterocycles. The predicted molar refractivity (Wildman–Crippen MR) is 125 cm³/mol. The van der Waals surface area contributed by atoms with E-state index in [1.54, 1.807) is 16.9 Å². The molecule has 11 heteroatoms. The van der Waals surface area contributed by atoms with Gasteiger partial charge in [-0.1, -0.05) is 17.3 Å². The summed E-state index contributed by atoms with van der Waals surface area (Å²) < 4.78 is 50.7. The van der Waals surface area contributed by atoms with Crippen molar-refractivity contribution in [2.45, 2.75) is 31.0 Å². The number of oxime groups is 1. The summed E-state index contributed by atoms with van der Waals surface area (Å²) in [5.41, 5.74) is 0.410. The van der Waals surface area contributed by atoms with Gasteiger partial charge in [-0.2, -0.15) is 13.2 Å². The van der Waals surface area contributed by atoms with Crippen LogP contribution in [0.3, 0.4) is 0 Å². The number of pyridine rings is 1. The first-order valence-electron chi connectivity index (χ1n) is 11.9. The lowest BCUT2D eigenvalue weighted by Gasteiger charge is -2.38. The third-order valence-corrected chi connectivity index (χ3v) is 6.91. The minimum Gasteiger partial charge on any atom is -0.497 e. The molecule has 0 bridgehead atoms. The molecule has 1 amide bonds. The van der Waals surface area contributed by atoms with Gasteiger partial charge in [0.15, 0.2) is 0 Å². The van der Waals surface area contributed by atoms with Crippen LogP contribution in [0.1, 0.15) is 40.9 Å². The van der Waals surface area contributed by atoms with Crippen LogP contribution in [0.15, 0.2) is 41.6 Å². The maximum Gasteiger partial charge on any atom is 0.433 e. The second kappa shape index (κ2) is 9.61. The van der Waals surface area contributed by atoms with Gasteiger partial charge in [-0.3, -0.25) is 4.79 Å². The number of ether oxygens (including phenoxy) is 2. The zero-order valence-corrected chi connectivity index (χ0v) is 19.9. The number of carbonyl (C=O) groups is 1. The van der Waals surface area contributed by atoms with E-state index in [-0.39, 0.29) is 17.3 Å². The molecule has 1 aromatic heterocycles. The fourth-order valence-electron chi connectivity index (χ4n) is 4.82. The van der Waals surface area contributed by atoms with Crippen molar-refractivity contribution in [2.24, 2.45) is 5.16 Å². The number of anilines is 1. The molecular formula is C25H27F3N4O4. The molecule has 0 N–H and O–H groups in total. The lowest BCUT2D eigenvalue weighted by Crippen LogP contribution is -2.47. The van der Waals surface area contributed by atoms with Crippen molar-refractivity contribution in [1.29, 1.82) is 0 Å². The van der Waals surface area contributed by atoms with Gasteiger partial charge in [0.2, 0.25) is 0 Å². The molecule has 0 unspecified atom stereocenters. The number of halogens is 3. The molecule has 0 aliphatic carbocycles. The van der Waals surface area contributed by atoms with Gasteiger partial charge in [-0.05, 0) is 24.3 Å². The number of hydrogen-bond donors (Lipinski definition) is 0. The third kappa shape index (κ3) is 4.84. The topological polar surface area (TPSA) is 76.5 Å². The molecule has 0 saturated carbocycles. The summed E-state index contributed by atoms with van der Waals surface area (Å²) in [7, 11) is 1.61. The molecule has 36 heavy (non-hydrogen) atoms. The molecule has 0 radical (unpaired) electrons. The van der Waals surface area contributed by atoms with Crippen LogP contribution >= 0.6 is 0 Å². The summed E-state index contributed by atoms with van der Waals surface area (Å²) in [6.07, 6.45) is -2.85. The Hall–Kier alpha value is -3.34. The Bertz CT molecular complexity index is 1160. The zero-order valence-electron chi connectivity index (χ0n) is 19.9. The van der Waals surface area contributed by atoms with Gasteiger partial charge in [0, 0.05) is 51.0 Å². The Labute approximate surface area is 206 Å². The van der Waals surface area contributed by atoms with Gasteiger partial charge in [0.1, 0.15) is 22.9 Å². The second-order valence-electron chi connectivity index (χ2n) is 9.18. The average molecular weight is 505 g/mol. The Kier molecular flexibility index (Phi) is 6.50. The first kappa shape index (κ1) is 24.4. The molecule has 3 aliphatic rings. The standard InChI is InChI=1S/C25H27F3N4O4/c1-34-18-4-2-3-17(15-18)20-16-24(36-30-20)7-9-32(10-8-24)23(33)19-5-6-21(25(26,27)28)29-22(19)31-11-13-35-14-12-31/h2-6,15H,7-14,16H2,1H3. The van der Waals surface area contributed by atoms with E-state index in [0.29, 0.717) is 58.7 Å². The number of hydrogen-bond acceptors (Lipinski definition) is 7. The van der Waals surface area contributed by atoms with Crippen LogP contribution in [-0.2, 0) is 15.8 Å². The molecule has 4 heterocycles.